The van der Waals surface area contributed by atoms with Crippen molar-refractivity contribution in [3.63, 3.8) is 0 Å². The molecule has 4 heteroatoms. The minimum absolute atomic E-state index is 0.173. The van der Waals surface area contributed by atoms with Gasteiger partial charge in [0.1, 0.15) is 6.10 Å². The molecule has 0 rings (SSSR count). The number of aliphatic hydroxyl groups is 1. The zero-order valence-electron chi connectivity index (χ0n) is 38.1. The van der Waals surface area contributed by atoms with Crippen LogP contribution in [0.3, 0.4) is 0 Å². The molecule has 57 heavy (non-hydrogen) atoms. The molecule has 0 aromatic rings. The first-order chi connectivity index (χ1) is 28.2. The molecule has 1 unspecified atom stereocenters. The van der Waals surface area contributed by atoms with Gasteiger partial charge in [0.15, 0.2) is 0 Å². The summed E-state index contributed by atoms with van der Waals surface area (Å²) in [5.74, 6) is -0.202. The average Bonchev–Trinajstić information content (AvgIpc) is 3.22. The second-order valence-corrected chi connectivity index (χ2v) is 16.5. The number of unbranched alkanes of at least 4 members (excludes halogenated alkanes) is 28. The number of hydrogen-bond donors (Lipinski definition) is 1. The number of esters is 1. The molecule has 0 aliphatic carbocycles. The Morgan fingerprint density at radius 3 is 1.21 bits per heavy atom. The van der Waals surface area contributed by atoms with Crippen LogP contribution in [0.25, 0.3) is 0 Å². The molecule has 0 saturated heterocycles. The molecule has 0 aromatic carbocycles. The fraction of sp³-hybridized carbons (Fsp3) is 0.792. The topological polar surface area (TPSA) is 55.8 Å². The van der Waals surface area contributed by atoms with Crippen LogP contribution in [0.1, 0.15) is 245 Å². The molecule has 0 amide bonds. The summed E-state index contributed by atoms with van der Waals surface area (Å²) in [5.41, 5.74) is 0. The van der Waals surface area contributed by atoms with E-state index < -0.39 is 6.10 Å². The Labute approximate surface area is 355 Å². The molecule has 0 aliphatic heterocycles. The van der Waals surface area contributed by atoms with Crippen LogP contribution in [0.2, 0.25) is 0 Å². The first-order valence-corrected chi connectivity index (χ1v) is 24.9. The van der Waals surface area contributed by atoms with E-state index in [4.69, 9.17) is 9.47 Å². The van der Waals surface area contributed by atoms with Crippen molar-refractivity contribution in [2.45, 2.75) is 251 Å². The van der Waals surface area contributed by atoms with E-state index in [2.05, 4.69) is 74.6 Å². The van der Waals surface area contributed by atoms with E-state index in [1.54, 1.807) is 0 Å². The lowest BCUT2D eigenvalue weighted by Gasteiger charge is -2.16. The smallest absolute Gasteiger partial charge is 0.306 e. The van der Waals surface area contributed by atoms with Crippen LogP contribution < -0.4 is 0 Å². The average molecular weight is 797 g/mol. The summed E-state index contributed by atoms with van der Waals surface area (Å²) in [6, 6.07) is 0. The number of rotatable bonds is 46. The van der Waals surface area contributed by atoms with E-state index in [0.29, 0.717) is 19.6 Å². The van der Waals surface area contributed by atoms with Crippen LogP contribution in [0.4, 0.5) is 0 Å². The maximum atomic E-state index is 12.3. The minimum Gasteiger partial charge on any atom is -0.457 e. The summed E-state index contributed by atoms with van der Waals surface area (Å²) in [6.07, 6.45) is 67.3. The number of allylic oxidation sites excluding steroid dienone is 10. The standard InChI is InChI=1S/C53H96O4/c1-3-5-7-9-11-13-15-17-19-21-23-24-25-26-27-28-29-31-33-35-37-39-41-43-45-47-49-56-51-52(50-54)57-53(55)48-46-44-42-40-38-36-34-32-30-22-20-18-16-14-12-10-8-6-4-2/h5,7,11,13,17-20,23-24,52,54H,3-4,6,8-10,12,14-16,21-22,25-51H2,1-2H3/b7-5-,13-11-,19-17-,20-18-,24-23-. The molecule has 332 valence electrons. The summed E-state index contributed by atoms with van der Waals surface area (Å²) < 4.78 is 11.2. The van der Waals surface area contributed by atoms with E-state index in [0.717, 1.165) is 44.9 Å². The van der Waals surface area contributed by atoms with Gasteiger partial charge in [-0.1, -0.05) is 222 Å². The van der Waals surface area contributed by atoms with E-state index >= 15 is 0 Å². The Hall–Kier alpha value is -1.91. The summed E-state index contributed by atoms with van der Waals surface area (Å²) in [7, 11) is 0. The Kier molecular flexibility index (Phi) is 48.6. The summed E-state index contributed by atoms with van der Waals surface area (Å²) in [4.78, 5) is 12.3. The second kappa shape index (κ2) is 50.2. The molecule has 0 aliphatic rings. The molecule has 1 N–H and O–H groups in total. The van der Waals surface area contributed by atoms with Crippen molar-refractivity contribution >= 4 is 5.97 Å². The molecular weight excluding hydrogens is 701 g/mol. The maximum absolute atomic E-state index is 12.3. The lowest BCUT2D eigenvalue weighted by molar-refractivity contribution is -0.154. The Morgan fingerprint density at radius 2 is 0.789 bits per heavy atom. The second-order valence-electron chi connectivity index (χ2n) is 16.5. The lowest BCUT2D eigenvalue weighted by Crippen LogP contribution is -2.27. The number of ether oxygens (including phenoxy) is 2. The highest BCUT2D eigenvalue weighted by atomic mass is 16.6. The molecule has 0 heterocycles. The van der Waals surface area contributed by atoms with Crippen LogP contribution in [-0.4, -0.2) is 37.0 Å². The van der Waals surface area contributed by atoms with E-state index in [9.17, 15) is 9.90 Å². The molecule has 0 saturated carbocycles. The SMILES string of the molecule is CC/C=C\C/C=C\C/C=C\C/C=C\CCCCCCCCCCCCCCCOCC(CO)OC(=O)CCCCCCCCCCC/C=C\CCCCCCCC. The molecule has 0 radical (unpaired) electrons. The Morgan fingerprint density at radius 1 is 0.439 bits per heavy atom. The lowest BCUT2D eigenvalue weighted by atomic mass is 10.0. The van der Waals surface area contributed by atoms with Crippen LogP contribution >= 0.6 is 0 Å². The van der Waals surface area contributed by atoms with Crippen LogP contribution in [0.5, 0.6) is 0 Å². The van der Waals surface area contributed by atoms with Gasteiger partial charge < -0.3 is 14.6 Å². The highest BCUT2D eigenvalue weighted by Crippen LogP contribution is 2.15. The normalized spacial score (nSPS) is 12.8. The quantitative estimate of drug-likeness (QED) is 0.0379. The van der Waals surface area contributed by atoms with Crippen molar-refractivity contribution in [3.8, 4) is 0 Å². The first-order valence-electron chi connectivity index (χ1n) is 24.9. The number of aliphatic hydroxyl groups excluding tert-OH is 1. The van der Waals surface area contributed by atoms with Gasteiger partial charge in [-0.15, -0.1) is 0 Å². The molecular formula is C53H96O4. The third kappa shape index (κ3) is 48.4. The van der Waals surface area contributed by atoms with Crippen LogP contribution in [0, 0.1) is 0 Å². The molecule has 0 bridgehead atoms. The number of carbonyl (C=O) groups is 1. The maximum Gasteiger partial charge on any atom is 0.306 e. The predicted octanol–water partition coefficient (Wildman–Crippen LogP) is 16.8. The largest absolute Gasteiger partial charge is 0.457 e. The van der Waals surface area contributed by atoms with Crippen LogP contribution in [0.15, 0.2) is 60.8 Å². The molecule has 4 nitrogen and oxygen atoms in total. The van der Waals surface area contributed by atoms with Gasteiger partial charge in [0.2, 0.25) is 0 Å². The number of carbonyl (C=O) groups excluding carboxylic acids is 1. The molecule has 0 aromatic heterocycles. The Bertz CT molecular complexity index is 931. The van der Waals surface area contributed by atoms with Gasteiger partial charge in [0, 0.05) is 13.0 Å². The summed E-state index contributed by atoms with van der Waals surface area (Å²) in [5, 5.41) is 9.64. The summed E-state index contributed by atoms with van der Waals surface area (Å²) >= 11 is 0. The van der Waals surface area contributed by atoms with Gasteiger partial charge in [-0.05, 0) is 77.0 Å². The van der Waals surface area contributed by atoms with Crippen LogP contribution in [-0.2, 0) is 14.3 Å². The molecule has 1 atom stereocenters. The van der Waals surface area contributed by atoms with E-state index in [-0.39, 0.29) is 12.6 Å². The van der Waals surface area contributed by atoms with Gasteiger partial charge in [-0.3, -0.25) is 4.79 Å². The third-order valence-corrected chi connectivity index (χ3v) is 10.8. The van der Waals surface area contributed by atoms with Crippen molar-refractivity contribution in [2.75, 3.05) is 19.8 Å². The van der Waals surface area contributed by atoms with E-state index in [1.807, 2.05) is 0 Å². The van der Waals surface area contributed by atoms with E-state index in [1.165, 1.54) is 180 Å². The van der Waals surface area contributed by atoms with Crippen molar-refractivity contribution in [2.24, 2.45) is 0 Å². The zero-order valence-corrected chi connectivity index (χ0v) is 38.1. The predicted molar refractivity (Wildman–Crippen MR) is 251 cm³/mol. The van der Waals surface area contributed by atoms with Gasteiger partial charge in [0.25, 0.3) is 0 Å². The fourth-order valence-electron chi connectivity index (χ4n) is 7.14. The van der Waals surface area contributed by atoms with Crippen molar-refractivity contribution in [3.05, 3.63) is 60.8 Å². The number of hydrogen-bond acceptors (Lipinski definition) is 4. The van der Waals surface area contributed by atoms with Gasteiger partial charge in [0.05, 0.1) is 13.2 Å². The van der Waals surface area contributed by atoms with Gasteiger partial charge >= 0.3 is 5.97 Å². The monoisotopic (exact) mass is 797 g/mol. The van der Waals surface area contributed by atoms with Gasteiger partial charge in [-0.2, -0.15) is 0 Å². The zero-order chi connectivity index (χ0) is 41.2. The highest BCUT2D eigenvalue weighted by molar-refractivity contribution is 5.69. The summed E-state index contributed by atoms with van der Waals surface area (Å²) in [6.45, 7) is 5.25. The van der Waals surface area contributed by atoms with Gasteiger partial charge in [-0.25, -0.2) is 0 Å². The first kappa shape index (κ1) is 55.1. The molecule has 0 fully saturated rings. The van der Waals surface area contributed by atoms with Crippen molar-refractivity contribution in [1.29, 1.82) is 0 Å². The van der Waals surface area contributed by atoms with Crippen molar-refractivity contribution < 1.29 is 19.4 Å². The molecule has 0 spiro atoms. The third-order valence-electron chi connectivity index (χ3n) is 10.8. The Balaban J connectivity index is 3.40. The minimum atomic E-state index is -0.538. The highest BCUT2D eigenvalue weighted by Gasteiger charge is 2.13. The fourth-order valence-corrected chi connectivity index (χ4v) is 7.14. The van der Waals surface area contributed by atoms with Crippen molar-refractivity contribution in [1.82, 2.24) is 0 Å².